The van der Waals surface area contributed by atoms with Gasteiger partial charge in [-0.05, 0) is 75.1 Å². The summed E-state index contributed by atoms with van der Waals surface area (Å²) in [5.41, 5.74) is 16.9. The number of hydrogen-bond acceptors (Lipinski definition) is 13. The summed E-state index contributed by atoms with van der Waals surface area (Å²) in [4.78, 5) is 125. The van der Waals surface area contributed by atoms with Crippen LogP contribution in [0.3, 0.4) is 0 Å². The number of unbranched alkanes of at least 4 members (excludes halogenated alkanes) is 1. The zero-order valence-electron chi connectivity index (χ0n) is 34.1. The number of primary amides is 1. The number of carboxylic acids is 3. The molecule has 23 nitrogen and oxygen atoms in total. The van der Waals surface area contributed by atoms with Crippen molar-refractivity contribution in [3.8, 4) is 5.75 Å². The summed E-state index contributed by atoms with van der Waals surface area (Å²) in [6.07, 6.45) is -1.93. The molecule has 1 aromatic rings. The van der Waals surface area contributed by atoms with Gasteiger partial charge in [0.1, 0.15) is 36.0 Å². The Morgan fingerprint density at radius 1 is 0.607 bits per heavy atom. The van der Waals surface area contributed by atoms with Crippen LogP contribution in [0.1, 0.15) is 83.6 Å². The Labute approximate surface area is 351 Å². The summed E-state index contributed by atoms with van der Waals surface area (Å²) in [6, 6.07) is -2.99. The molecule has 61 heavy (non-hydrogen) atoms. The molecule has 1 rings (SSSR count). The number of nitrogens with two attached hydrogens (primary N) is 3. The molecular weight excluding hydrogens is 806 g/mol. The van der Waals surface area contributed by atoms with E-state index in [1.807, 2.05) is 0 Å². The molecule has 16 N–H and O–H groups in total. The third-order valence-corrected chi connectivity index (χ3v) is 8.95. The number of phenols is 1. The van der Waals surface area contributed by atoms with Gasteiger partial charge in [0, 0.05) is 25.7 Å². The minimum atomic E-state index is -1.65. The summed E-state index contributed by atoms with van der Waals surface area (Å²) >= 11 is 0. The summed E-state index contributed by atoms with van der Waals surface area (Å²) < 4.78 is 0. The van der Waals surface area contributed by atoms with Crippen LogP contribution in [0.5, 0.6) is 5.75 Å². The van der Waals surface area contributed by atoms with Crippen molar-refractivity contribution in [3.63, 3.8) is 0 Å². The van der Waals surface area contributed by atoms with E-state index in [4.69, 9.17) is 22.3 Å². The lowest BCUT2D eigenvalue weighted by molar-refractivity contribution is -0.143. The standard InChI is InChI=1S/C38H59N9O14/c1-20(2)17-27(46-33(55)23(40)10-14-31(51)52)34(56)42-19-30(50)43-24(5-3-4-16-39)35(57)47-28(18-21-6-8-22(48)9-7-21)37(59)44-25(12-15-32(53)54)36(58)45-26(38(60)61)11-13-29(41)49/h6-9,20,23-28,48H,3-5,10-19,39-40H2,1-2H3,(H2,41,49)(H,42,56)(H,43,50)(H,44,59)(H,45,58)(H,46,55)(H,47,57)(H,51,52)(H,53,54)(H,60,61)/t23-,24-,25-,26-,27-,28-/m0/s1. The molecule has 0 unspecified atom stereocenters. The number of benzene rings is 1. The fraction of sp³-hybridized carbons (Fsp3) is 0.579. The van der Waals surface area contributed by atoms with Gasteiger partial charge in [0.05, 0.1) is 12.6 Å². The van der Waals surface area contributed by atoms with E-state index in [2.05, 4.69) is 31.9 Å². The van der Waals surface area contributed by atoms with E-state index in [1.54, 1.807) is 13.8 Å². The molecule has 6 atom stereocenters. The molecule has 7 amide bonds. The third kappa shape index (κ3) is 22.0. The molecule has 0 heterocycles. The molecular formula is C38H59N9O14. The molecule has 0 aliphatic heterocycles. The number of amides is 7. The quantitative estimate of drug-likeness (QED) is 0.0344. The smallest absolute Gasteiger partial charge is 0.326 e. The van der Waals surface area contributed by atoms with Gasteiger partial charge in [0.2, 0.25) is 41.4 Å². The van der Waals surface area contributed by atoms with Crippen molar-refractivity contribution in [3.05, 3.63) is 29.8 Å². The molecule has 0 saturated heterocycles. The molecule has 0 aromatic heterocycles. The number of nitrogens with one attached hydrogen (secondary N) is 6. The van der Waals surface area contributed by atoms with Gasteiger partial charge in [-0.2, -0.15) is 0 Å². The first-order valence-electron chi connectivity index (χ1n) is 19.6. The van der Waals surface area contributed by atoms with E-state index in [0.29, 0.717) is 18.4 Å². The van der Waals surface area contributed by atoms with E-state index >= 15 is 0 Å². The number of carbonyl (C=O) groups excluding carboxylic acids is 7. The lowest BCUT2D eigenvalue weighted by atomic mass is 10.0. The molecule has 23 heteroatoms. The normalized spacial score (nSPS) is 13.9. The second kappa shape index (κ2) is 27.4. The van der Waals surface area contributed by atoms with Crippen molar-refractivity contribution in [2.24, 2.45) is 23.1 Å². The van der Waals surface area contributed by atoms with Crippen molar-refractivity contribution in [2.75, 3.05) is 13.1 Å². The van der Waals surface area contributed by atoms with Crippen molar-refractivity contribution >= 4 is 59.3 Å². The fourth-order valence-electron chi connectivity index (χ4n) is 5.66. The number of rotatable bonds is 30. The summed E-state index contributed by atoms with van der Waals surface area (Å²) in [5, 5.41) is 52.0. The van der Waals surface area contributed by atoms with Crippen molar-refractivity contribution in [2.45, 2.75) is 121 Å². The first-order valence-corrected chi connectivity index (χ1v) is 19.6. The number of hydrogen-bond donors (Lipinski definition) is 13. The highest BCUT2D eigenvalue weighted by molar-refractivity contribution is 5.96. The highest BCUT2D eigenvalue weighted by Crippen LogP contribution is 2.13. The van der Waals surface area contributed by atoms with Crippen LogP contribution < -0.4 is 49.1 Å². The summed E-state index contributed by atoms with van der Waals surface area (Å²) in [6.45, 7) is 3.12. The van der Waals surface area contributed by atoms with Gasteiger partial charge in [-0.25, -0.2) is 4.79 Å². The zero-order chi connectivity index (χ0) is 46.2. The molecule has 0 radical (unpaired) electrons. The van der Waals surface area contributed by atoms with E-state index in [1.165, 1.54) is 24.3 Å². The molecule has 0 fully saturated rings. The van der Waals surface area contributed by atoms with Crippen LogP contribution in [0.25, 0.3) is 0 Å². The van der Waals surface area contributed by atoms with Crippen molar-refractivity contribution in [1.82, 2.24) is 31.9 Å². The lowest BCUT2D eigenvalue weighted by Gasteiger charge is -2.26. The molecule has 0 bridgehead atoms. The Morgan fingerprint density at radius 2 is 1.11 bits per heavy atom. The number of aromatic hydroxyl groups is 1. The molecule has 0 aliphatic carbocycles. The number of aliphatic carboxylic acids is 3. The van der Waals surface area contributed by atoms with E-state index in [0.717, 1.165) is 0 Å². The average Bonchev–Trinajstić information content (AvgIpc) is 3.18. The van der Waals surface area contributed by atoms with E-state index < -0.39 is 128 Å². The third-order valence-electron chi connectivity index (χ3n) is 8.95. The second-order valence-electron chi connectivity index (χ2n) is 14.7. The maximum atomic E-state index is 13.9. The lowest BCUT2D eigenvalue weighted by Crippen LogP contribution is -2.59. The van der Waals surface area contributed by atoms with Crippen LogP contribution in [0, 0.1) is 5.92 Å². The first-order chi connectivity index (χ1) is 28.6. The van der Waals surface area contributed by atoms with Crippen LogP contribution >= 0.6 is 0 Å². The highest BCUT2D eigenvalue weighted by Gasteiger charge is 2.32. The predicted octanol–water partition coefficient (Wildman–Crippen LogP) is -2.94. The summed E-state index contributed by atoms with van der Waals surface area (Å²) in [7, 11) is 0. The maximum Gasteiger partial charge on any atom is 0.326 e. The zero-order valence-corrected chi connectivity index (χ0v) is 34.1. The van der Waals surface area contributed by atoms with Gasteiger partial charge in [-0.1, -0.05) is 26.0 Å². The summed E-state index contributed by atoms with van der Waals surface area (Å²) in [5.74, 6) is -10.5. The van der Waals surface area contributed by atoms with Crippen molar-refractivity contribution < 1.29 is 68.4 Å². The second-order valence-corrected chi connectivity index (χ2v) is 14.7. The first kappa shape index (κ1) is 52.7. The SMILES string of the molecule is CC(C)C[C@H](NC(=O)[C@@H](N)CCC(=O)O)C(=O)NCC(=O)N[C@@H](CCCCN)C(=O)N[C@@H](Cc1ccc(O)cc1)C(=O)N[C@@H](CCC(=O)O)C(=O)N[C@@H](CCC(N)=O)C(=O)O. The number of phenolic OH excluding ortho intramolecular Hbond substituents is 1. The largest absolute Gasteiger partial charge is 0.508 e. The Hall–Kier alpha value is -6.36. The Morgan fingerprint density at radius 3 is 1.66 bits per heavy atom. The minimum Gasteiger partial charge on any atom is -0.508 e. The minimum absolute atomic E-state index is 0.00204. The van der Waals surface area contributed by atoms with Crippen LogP contribution in [0.15, 0.2) is 24.3 Å². The molecule has 0 aliphatic rings. The van der Waals surface area contributed by atoms with Gasteiger partial charge in [0.25, 0.3) is 0 Å². The highest BCUT2D eigenvalue weighted by atomic mass is 16.4. The van der Waals surface area contributed by atoms with Gasteiger partial charge in [0.15, 0.2) is 0 Å². The maximum absolute atomic E-state index is 13.9. The van der Waals surface area contributed by atoms with Crippen LogP contribution in [0.4, 0.5) is 0 Å². The Bertz CT molecular complexity index is 1690. The predicted molar refractivity (Wildman–Crippen MR) is 215 cm³/mol. The van der Waals surface area contributed by atoms with Crippen LogP contribution in [-0.4, -0.2) is 129 Å². The number of carboxylic acid groups (broad SMARTS) is 3. The van der Waals surface area contributed by atoms with E-state index in [-0.39, 0.29) is 50.3 Å². The van der Waals surface area contributed by atoms with Gasteiger partial charge in [-0.3, -0.25) is 43.2 Å². The van der Waals surface area contributed by atoms with Crippen molar-refractivity contribution in [1.29, 1.82) is 0 Å². The van der Waals surface area contributed by atoms with E-state index in [9.17, 15) is 63.3 Å². The average molecular weight is 866 g/mol. The fourth-order valence-corrected chi connectivity index (χ4v) is 5.66. The molecule has 1 aromatic carbocycles. The Kier molecular flexibility index (Phi) is 23.7. The number of carbonyl (C=O) groups is 10. The van der Waals surface area contributed by atoms with Crippen LogP contribution in [-0.2, 0) is 54.4 Å². The molecule has 0 spiro atoms. The van der Waals surface area contributed by atoms with Crippen LogP contribution in [0.2, 0.25) is 0 Å². The van der Waals surface area contributed by atoms with Gasteiger partial charge < -0.3 is 69.5 Å². The van der Waals surface area contributed by atoms with Gasteiger partial charge >= 0.3 is 17.9 Å². The monoisotopic (exact) mass is 865 g/mol. The molecule has 0 saturated carbocycles. The Balaban J connectivity index is 3.31. The molecule has 340 valence electrons. The topological polar surface area (TPSA) is 402 Å². The van der Waals surface area contributed by atoms with Gasteiger partial charge in [-0.15, -0.1) is 0 Å².